The lowest BCUT2D eigenvalue weighted by Gasteiger charge is -2.09. The standard InChI is InChI=1S/C24H24N2O6/c1-29-21-12-18(13-22(30-2)24(21)28)14-25-26-23(27)16-32-20-10-8-19(9-11-20)31-15-17-6-4-3-5-7-17/h3-14,28H,15-16H2,1-2H3,(H,26,27)/b25-14+. The van der Waals surface area contributed by atoms with E-state index in [2.05, 4.69) is 10.5 Å². The van der Waals surface area contributed by atoms with Crippen molar-refractivity contribution in [3.05, 3.63) is 77.9 Å². The zero-order valence-corrected chi connectivity index (χ0v) is 17.8. The molecular weight excluding hydrogens is 412 g/mol. The molecule has 0 fully saturated rings. The quantitative estimate of drug-likeness (QED) is 0.373. The maximum atomic E-state index is 12.0. The Kier molecular flexibility index (Phi) is 7.91. The fourth-order valence-electron chi connectivity index (χ4n) is 2.72. The van der Waals surface area contributed by atoms with Crippen LogP contribution in [0.15, 0.2) is 71.8 Å². The van der Waals surface area contributed by atoms with E-state index in [4.69, 9.17) is 18.9 Å². The predicted molar refractivity (Wildman–Crippen MR) is 120 cm³/mol. The van der Waals surface area contributed by atoms with Gasteiger partial charge < -0.3 is 24.1 Å². The molecule has 0 saturated heterocycles. The Morgan fingerprint density at radius 2 is 1.53 bits per heavy atom. The van der Waals surface area contributed by atoms with E-state index in [0.29, 0.717) is 23.7 Å². The number of ether oxygens (including phenoxy) is 4. The highest BCUT2D eigenvalue weighted by molar-refractivity contribution is 5.84. The molecule has 0 aromatic heterocycles. The minimum absolute atomic E-state index is 0.110. The van der Waals surface area contributed by atoms with Crippen molar-refractivity contribution in [3.63, 3.8) is 0 Å². The summed E-state index contributed by atoms with van der Waals surface area (Å²) in [7, 11) is 2.85. The van der Waals surface area contributed by atoms with Gasteiger partial charge in [0.1, 0.15) is 18.1 Å². The van der Waals surface area contributed by atoms with E-state index < -0.39 is 5.91 Å². The number of amides is 1. The van der Waals surface area contributed by atoms with Crippen LogP contribution in [-0.4, -0.2) is 38.1 Å². The van der Waals surface area contributed by atoms with Crippen molar-refractivity contribution in [1.82, 2.24) is 5.43 Å². The number of phenolic OH excluding ortho intramolecular Hbond substituents is 1. The fraction of sp³-hybridized carbons (Fsp3) is 0.167. The minimum Gasteiger partial charge on any atom is -0.502 e. The van der Waals surface area contributed by atoms with Crippen molar-refractivity contribution in [2.45, 2.75) is 6.61 Å². The van der Waals surface area contributed by atoms with E-state index in [1.165, 1.54) is 20.4 Å². The number of nitrogens with zero attached hydrogens (tertiary/aromatic N) is 1. The second-order valence-corrected chi connectivity index (χ2v) is 6.60. The van der Waals surface area contributed by atoms with Gasteiger partial charge in [-0.1, -0.05) is 30.3 Å². The summed E-state index contributed by atoms with van der Waals surface area (Å²) in [5.74, 6) is 1.16. The summed E-state index contributed by atoms with van der Waals surface area (Å²) in [5.41, 5.74) is 4.03. The van der Waals surface area contributed by atoms with Gasteiger partial charge in [-0.15, -0.1) is 0 Å². The van der Waals surface area contributed by atoms with Gasteiger partial charge in [0.25, 0.3) is 5.91 Å². The molecule has 1 amide bonds. The highest BCUT2D eigenvalue weighted by Gasteiger charge is 2.10. The molecule has 32 heavy (non-hydrogen) atoms. The molecule has 166 valence electrons. The first-order chi connectivity index (χ1) is 15.6. The van der Waals surface area contributed by atoms with Crippen LogP contribution in [-0.2, 0) is 11.4 Å². The first-order valence-corrected chi connectivity index (χ1v) is 9.75. The van der Waals surface area contributed by atoms with Crippen LogP contribution < -0.4 is 24.4 Å². The summed E-state index contributed by atoms with van der Waals surface area (Å²) in [5, 5.41) is 13.8. The van der Waals surface area contributed by atoms with Crippen molar-refractivity contribution >= 4 is 12.1 Å². The largest absolute Gasteiger partial charge is 0.502 e. The summed E-state index contributed by atoms with van der Waals surface area (Å²) >= 11 is 0. The zero-order chi connectivity index (χ0) is 22.8. The van der Waals surface area contributed by atoms with E-state index >= 15 is 0 Å². The topological polar surface area (TPSA) is 98.6 Å². The Morgan fingerprint density at radius 1 is 0.938 bits per heavy atom. The summed E-state index contributed by atoms with van der Waals surface area (Å²) < 4.78 is 21.3. The average molecular weight is 436 g/mol. The van der Waals surface area contributed by atoms with Gasteiger partial charge in [-0.05, 0) is 42.0 Å². The van der Waals surface area contributed by atoms with Gasteiger partial charge in [0, 0.05) is 5.56 Å². The molecule has 0 aliphatic carbocycles. The molecule has 3 aromatic rings. The van der Waals surface area contributed by atoms with Gasteiger partial charge in [0.15, 0.2) is 18.1 Å². The predicted octanol–water partition coefficient (Wildman–Crippen LogP) is 3.52. The van der Waals surface area contributed by atoms with Crippen LogP contribution in [0.1, 0.15) is 11.1 Å². The number of phenols is 1. The number of methoxy groups -OCH3 is 2. The van der Waals surface area contributed by atoms with Gasteiger partial charge in [-0.25, -0.2) is 5.43 Å². The Bertz CT molecular complexity index is 1030. The molecule has 0 heterocycles. The van der Waals surface area contributed by atoms with Gasteiger partial charge in [0.05, 0.1) is 20.4 Å². The fourth-order valence-corrected chi connectivity index (χ4v) is 2.72. The van der Waals surface area contributed by atoms with E-state index in [1.807, 2.05) is 30.3 Å². The Balaban J connectivity index is 1.45. The van der Waals surface area contributed by atoms with Crippen molar-refractivity contribution in [3.8, 4) is 28.7 Å². The van der Waals surface area contributed by atoms with E-state index in [0.717, 1.165) is 5.56 Å². The van der Waals surface area contributed by atoms with E-state index in [1.54, 1.807) is 36.4 Å². The Hall–Kier alpha value is -4.20. The molecule has 2 N–H and O–H groups in total. The normalized spacial score (nSPS) is 10.6. The number of carbonyl (C=O) groups is 1. The number of carbonyl (C=O) groups excluding carboxylic acids is 1. The molecule has 0 atom stereocenters. The first kappa shape index (κ1) is 22.5. The number of benzene rings is 3. The maximum Gasteiger partial charge on any atom is 0.277 e. The Morgan fingerprint density at radius 3 is 2.12 bits per heavy atom. The molecule has 0 unspecified atom stereocenters. The number of rotatable bonds is 10. The number of aromatic hydroxyl groups is 1. The lowest BCUT2D eigenvalue weighted by molar-refractivity contribution is -0.123. The summed E-state index contributed by atoms with van der Waals surface area (Å²) in [4.78, 5) is 12.0. The second kappa shape index (κ2) is 11.3. The molecule has 0 saturated carbocycles. The van der Waals surface area contributed by atoms with Crippen molar-refractivity contribution in [2.24, 2.45) is 5.10 Å². The van der Waals surface area contributed by atoms with Crippen LogP contribution in [0.4, 0.5) is 0 Å². The molecule has 0 bridgehead atoms. The molecule has 3 aromatic carbocycles. The van der Waals surface area contributed by atoms with Crippen LogP contribution in [0.3, 0.4) is 0 Å². The molecule has 0 radical (unpaired) electrons. The molecule has 0 spiro atoms. The maximum absolute atomic E-state index is 12.0. The Labute approximate surface area is 186 Å². The lowest BCUT2D eigenvalue weighted by atomic mass is 10.2. The van der Waals surface area contributed by atoms with Gasteiger partial charge in [0.2, 0.25) is 5.75 Å². The van der Waals surface area contributed by atoms with Crippen molar-refractivity contribution in [2.75, 3.05) is 20.8 Å². The smallest absolute Gasteiger partial charge is 0.277 e. The highest BCUT2D eigenvalue weighted by atomic mass is 16.5. The van der Waals surface area contributed by atoms with Crippen LogP contribution in [0.25, 0.3) is 0 Å². The van der Waals surface area contributed by atoms with E-state index in [-0.39, 0.29) is 23.9 Å². The van der Waals surface area contributed by atoms with Crippen LogP contribution in [0.2, 0.25) is 0 Å². The number of nitrogens with one attached hydrogen (secondary N) is 1. The molecule has 3 rings (SSSR count). The zero-order valence-electron chi connectivity index (χ0n) is 17.8. The lowest BCUT2D eigenvalue weighted by Crippen LogP contribution is -2.24. The molecular formula is C24H24N2O6. The summed E-state index contributed by atoms with van der Waals surface area (Å²) in [6, 6.07) is 20.0. The van der Waals surface area contributed by atoms with E-state index in [9.17, 15) is 9.90 Å². The van der Waals surface area contributed by atoms with Crippen LogP contribution in [0.5, 0.6) is 28.7 Å². The third-order valence-corrected chi connectivity index (χ3v) is 4.35. The highest BCUT2D eigenvalue weighted by Crippen LogP contribution is 2.36. The van der Waals surface area contributed by atoms with Crippen molar-refractivity contribution in [1.29, 1.82) is 0 Å². The minimum atomic E-state index is -0.427. The second-order valence-electron chi connectivity index (χ2n) is 6.60. The number of hydrogen-bond acceptors (Lipinski definition) is 7. The van der Waals surface area contributed by atoms with Crippen molar-refractivity contribution < 1.29 is 28.8 Å². The third-order valence-electron chi connectivity index (χ3n) is 4.35. The number of hydrogen-bond donors (Lipinski definition) is 2. The summed E-state index contributed by atoms with van der Waals surface area (Å²) in [6.07, 6.45) is 1.40. The van der Waals surface area contributed by atoms with Gasteiger partial charge in [-0.2, -0.15) is 5.10 Å². The first-order valence-electron chi connectivity index (χ1n) is 9.75. The molecule has 0 aliphatic heterocycles. The molecule has 0 aliphatic rings. The monoisotopic (exact) mass is 436 g/mol. The third kappa shape index (κ3) is 6.40. The molecule has 8 heteroatoms. The van der Waals surface area contributed by atoms with Gasteiger partial charge in [-0.3, -0.25) is 4.79 Å². The summed E-state index contributed by atoms with van der Waals surface area (Å²) in [6.45, 7) is 0.268. The SMILES string of the molecule is COc1cc(/C=N/NC(=O)COc2ccc(OCc3ccccc3)cc2)cc(OC)c1O. The number of hydrazone groups is 1. The average Bonchev–Trinajstić information content (AvgIpc) is 2.83. The van der Waals surface area contributed by atoms with Crippen LogP contribution >= 0.6 is 0 Å². The van der Waals surface area contributed by atoms with Crippen LogP contribution in [0, 0.1) is 0 Å². The van der Waals surface area contributed by atoms with Gasteiger partial charge >= 0.3 is 0 Å². The molecule has 8 nitrogen and oxygen atoms in total.